The van der Waals surface area contributed by atoms with Crippen LogP contribution in [0.4, 0.5) is 0 Å². The van der Waals surface area contributed by atoms with E-state index in [1.807, 2.05) is 0 Å². The predicted molar refractivity (Wildman–Crippen MR) is 76.9 cm³/mol. The van der Waals surface area contributed by atoms with Crippen LogP contribution in [0.1, 0.15) is 30.9 Å². The van der Waals surface area contributed by atoms with Gasteiger partial charge in [-0.3, -0.25) is 9.59 Å². The fraction of sp³-hybridized carbons (Fsp3) is 0.429. The first-order valence-corrected chi connectivity index (χ1v) is 7.11. The Morgan fingerprint density at radius 1 is 1.35 bits per heavy atom. The summed E-state index contributed by atoms with van der Waals surface area (Å²) in [4.78, 5) is 25.0. The van der Waals surface area contributed by atoms with E-state index in [1.54, 1.807) is 25.2 Å². The average molecular weight is 316 g/mol. The monoisotopic (exact) mass is 315 g/mol. The van der Waals surface area contributed by atoms with Crippen molar-refractivity contribution in [2.24, 2.45) is 5.92 Å². The standard InChI is InChI=1S/C14H15Cl2NO3/c1-17-11(18)7-2-4-8(14(19)20)13(17)12-9(15)5-3-6-10(12)16/h3,5-6,8,13H,2,4,7H2,1H3,(H,19,20). The lowest BCUT2D eigenvalue weighted by molar-refractivity contribution is -0.145. The molecule has 1 saturated heterocycles. The van der Waals surface area contributed by atoms with E-state index in [0.29, 0.717) is 34.9 Å². The maximum Gasteiger partial charge on any atom is 0.308 e. The first-order valence-electron chi connectivity index (χ1n) is 6.36. The molecule has 2 atom stereocenters. The smallest absolute Gasteiger partial charge is 0.308 e. The normalized spacial score (nSPS) is 23.6. The molecular formula is C14H15Cl2NO3. The Morgan fingerprint density at radius 3 is 2.50 bits per heavy atom. The van der Waals surface area contributed by atoms with Crippen molar-refractivity contribution in [3.05, 3.63) is 33.8 Å². The lowest BCUT2D eigenvalue weighted by Gasteiger charge is -2.31. The Kier molecular flexibility index (Phi) is 4.55. The quantitative estimate of drug-likeness (QED) is 0.910. The van der Waals surface area contributed by atoms with Gasteiger partial charge < -0.3 is 10.0 Å². The van der Waals surface area contributed by atoms with Crippen molar-refractivity contribution < 1.29 is 14.7 Å². The molecule has 2 unspecified atom stereocenters. The fourth-order valence-corrected chi connectivity index (χ4v) is 3.30. The van der Waals surface area contributed by atoms with Crippen LogP contribution >= 0.6 is 23.2 Å². The van der Waals surface area contributed by atoms with Crippen LogP contribution in [0, 0.1) is 5.92 Å². The first kappa shape index (κ1) is 15.1. The molecule has 0 bridgehead atoms. The zero-order chi connectivity index (χ0) is 14.9. The third-order valence-electron chi connectivity index (χ3n) is 3.71. The van der Waals surface area contributed by atoms with Crippen LogP contribution in [-0.4, -0.2) is 28.9 Å². The van der Waals surface area contributed by atoms with Crippen LogP contribution in [0.5, 0.6) is 0 Å². The fourth-order valence-electron chi connectivity index (χ4n) is 2.68. The van der Waals surface area contributed by atoms with Crippen molar-refractivity contribution in [3.63, 3.8) is 0 Å². The van der Waals surface area contributed by atoms with Gasteiger partial charge in [0.25, 0.3) is 0 Å². The Hall–Kier alpha value is -1.26. The second kappa shape index (κ2) is 6.02. The van der Waals surface area contributed by atoms with Gasteiger partial charge in [0.2, 0.25) is 5.91 Å². The van der Waals surface area contributed by atoms with E-state index in [2.05, 4.69) is 0 Å². The number of carboxylic acids is 1. The summed E-state index contributed by atoms with van der Waals surface area (Å²) in [6.07, 6.45) is 1.33. The minimum absolute atomic E-state index is 0.0882. The first-order chi connectivity index (χ1) is 9.43. The lowest BCUT2D eigenvalue weighted by Crippen LogP contribution is -2.36. The van der Waals surface area contributed by atoms with Crippen molar-refractivity contribution >= 4 is 35.1 Å². The molecule has 1 aliphatic heterocycles. The zero-order valence-electron chi connectivity index (χ0n) is 11.0. The topological polar surface area (TPSA) is 57.6 Å². The molecule has 0 aliphatic carbocycles. The number of carbonyl (C=O) groups is 2. The molecule has 0 radical (unpaired) electrons. The molecule has 1 fully saturated rings. The Bertz CT molecular complexity index is 527. The summed E-state index contributed by atoms with van der Waals surface area (Å²) in [6.45, 7) is 0. The van der Waals surface area contributed by atoms with Crippen molar-refractivity contribution in [2.45, 2.75) is 25.3 Å². The van der Waals surface area contributed by atoms with Crippen LogP contribution in [0.15, 0.2) is 18.2 Å². The van der Waals surface area contributed by atoms with Crippen molar-refractivity contribution in [3.8, 4) is 0 Å². The second-order valence-electron chi connectivity index (χ2n) is 4.92. The number of nitrogens with zero attached hydrogens (tertiary/aromatic N) is 1. The molecule has 1 amide bonds. The van der Waals surface area contributed by atoms with Gasteiger partial charge in [0.1, 0.15) is 0 Å². The van der Waals surface area contributed by atoms with Gasteiger partial charge in [-0.25, -0.2) is 0 Å². The molecule has 0 spiro atoms. The van der Waals surface area contributed by atoms with Gasteiger partial charge >= 0.3 is 5.97 Å². The van der Waals surface area contributed by atoms with Gasteiger partial charge in [0, 0.05) is 29.1 Å². The number of halogens is 2. The molecule has 0 aromatic heterocycles. The average Bonchev–Trinajstić information content (AvgIpc) is 2.51. The van der Waals surface area contributed by atoms with Crippen LogP contribution in [-0.2, 0) is 9.59 Å². The molecule has 1 aromatic rings. The summed E-state index contributed by atoms with van der Waals surface area (Å²) in [5, 5.41) is 10.2. The summed E-state index contributed by atoms with van der Waals surface area (Å²) in [5.41, 5.74) is 0.515. The molecule has 1 aliphatic rings. The number of benzene rings is 1. The number of likely N-dealkylation sites (tertiary alicyclic amines) is 1. The van der Waals surface area contributed by atoms with E-state index < -0.39 is 17.9 Å². The third-order valence-corrected chi connectivity index (χ3v) is 4.37. The second-order valence-corrected chi connectivity index (χ2v) is 5.74. The minimum Gasteiger partial charge on any atom is -0.481 e. The molecule has 1 heterocycles. The highest BCUT2D eigenvalue weighted by Gasteiger charge is 2.38. The van der Waals surface area contributed by atoms with Gasteiger partial charge in [-0.1, -0.05) is 29.3 Å². The van der Waals surface area contributed by atoms with Crippen molar-refractivity contribution in [1.29, 1.82) is 0 Å². The highest BCUT2D eigenvalue weighted by Crippen LogP contribution is 2.41. The molecule has 4 nitrogen and oxygen atoms in total. The maximum absolute atomic E-state index is 12.0. The Balaban J connectivity index is 2.56. The summed E-state index contributed by atoms with van der Waals surface area (Å²) in [5.74, 6) is -1.73. The molecule has 0 saturated carbocycles. The Labute approximate surface area is 127 Å². The highest BCUT2D eigenvalue weighted by atomic mass is 35.5. The number of aliphatic carboxylic acids is 1. The van der Waals surface area contributed by atoms with Gasteiger partial charge in [0.15, 0.2) is 0 Å². The van der Waals surface area contributed by atoms with E-state index in [0.717, 1.165) is 0 Å². The van der Waals surface area contributed by atoms with E-state index in [4.69, 9.17) is 23.2 Å². The van der Waals surface area contributed by atoms with E-state index in [1.165, 1.54) is 4.90 Å². The van der Waals surface area contributed by atoms with E-state index >= 15 is 0 Å². The van der Waals surface area contributed by atoms with E-state index in [-0.39, 0.29) is 5.91 Å². The van der Waals surface area contributed by atoms with Gasteiger partial charge in [-0.15, -0.1) is 0 Å². The summed E-state index contributed by atoms with van der Waals surface area (Å²) < 4.78 is 0. The van der Waals surface area contributed by atoms with Crippen LogP contribution < -0.4 is 0 Å². The van der Waals surface area contributed by atoms with Gasteiger partial charge in [-0.2, -0.15) is 0 Å². The molecule has 1 aromatic carbocycles. The number of carboxylic acid groups (broad SMARTS) is 1. The number of amides is 1. The van der Waals surface area contributed by atoms with Crippen LogP contribution in [0.25, 0.3) is 0 Å². The Morgan fingerprint density at radius 2 is 1.95 bits per heavy atom. The van der Waals surface area contributed by atoms with E-state index in [9.17, 15) is 14.7 Å². The number of rotatable bonds is 2. The van der Waals surface area contributed by atoms with Gasteiger partial charge in [0.05, 0.1) is 12.0 Å². The lowest BCUT2D eigenvalue weighted by atomic mass is 9.89. The molecule has 6 heteroatoms. The number of carbonyl (C=O) groups excluding carboxylic acids is 1. The molecular weight excluding hydrogens is 301 g/mol. The van der Waals surface area contributed by atoms with Crippen LogP contribution in [0.2, 0.25) is 10.0 Å². The van der Waals surface area contributed by atoms with Crippen LogP contribution in [0.3, 0.4) is 0 Å². The van der Waals surface area contributed by atoms with Crippen molar-refractivity contribution in [2.75, 3.05) is 7.05 Å². The highest BCUT2D eigenvalue weighted by molar-refractivity contribution is 6.36. The molecule has 1 N–H and O–H groups in total. The molecule has 2 rings (SSSR count). The molecule has 20 heavy (non-hydrogen) atoms. The minimum atomic E-state index is -0.937. The van der Waals surface area contributed by atoms with Crippen molar-refractivity contribution in [1.82, 2.24) is 4.90 Å². The summed E-state index contributed by atoms with van der Waals surface area (Å²) in [7, 11) is 1.61. The SMILES string of the molecule is CN1C(=O)CCCC(C(=O)O)C1c1c(Cl)cccc1Cl. The van der Waals surface area contributed by atoms with Gasteiger partial charge in [-0.05, 0) is 25.0 Å². The number of hydrogen-bond donors (Lipinski definition) is 1. The zero-order valence-corrected chi connectivity index (χ0v) is 12.5. The predicted octanol–water partition coefficient (Wildman–Crippen LogP) is 3.38. The summed E-state index contributed by atoms with van der Waals surface area (Å²) >= 11 is 12.4. The maximum atomic E-state index is 12.0. The largest absolute Gasteiger partial charge is 0.481 e. The molecule has 108 valence electrons. The third kappa shape index (κ3) is 2.76. The summed E-state index contributed by atoms with van der Waals surface area (Å²) in [6, 6.07) is 4.38. The number of hydrogen-bond acceptors (Lipinski definition) is 2.